The van der Waals surface area contributed by atoms with Crippen LogP contribution >= 0.6 is 0 Å². The summed E-state index contributed by atoms with van der Waals surface area (Å²) in [5.41, 5.74) is 2.43. The van der Waals surface area contributed by atoms with E-state index in [0.717, 1.165) is 16.9 Å². The van der Waals surface area contributed by atoms with Gasteiger partial charge in [0.25, 0.3) is 0 Å². The molecule has 2 aromatic heterocycles. The van der Waals surface area contributed by atoms with Gasteiger partial charge >= 0.3 is 0 Å². The fourth-order valence-corrected chi connectivity index (χ4v) is 2.14. The maximum atomic E-state index is 13.6. The minimum Gasteiger partial charge on any atom is -0.362 e. The number of hydrogen-bond donors (Lipinski definition) is 1. The second-order valence-electron chi connectivity index (χ2n) is 4.81. The van der Waals surface area contributed by atoms with Gasteiger partial charge in [0.05, 0.1) is 12.2 Å². The van der Waals surface area contributed by atoms with E-state index in [2.05, 4.69) is 15.4 Å². The number of rotatable bonds is 3. The van der Waals surface area contributed by atoms with Gasteiger partial charge in [-0.25, -0.2) is 13.9 Å². The molecule has 2 heterocycles. The average Bonchev–Trinajstić information content (AvgIpc) is 2.91. The Labute approximate surface area is 116 Å². The largest absolute Gasteiger partial charge is 0.362 e. The van der Waals surface area contributed by atoms with Crippen molar-refractivity contribution in [3.8, 4) is 0 Å². The van der Waals surface area contributed by atoms with Crippen LogP contribution in [0.2, 0.25) is 0 Å². The lowest BCUT2D eigenvalue weighted by Gasteiger charge is -2.16. The number of nitrogens with one attached hydrogen (secondary N) is 1. The number of benzene rings is 1. The Bertz CT molecular complexity index is 750. The molecule has 1 N–H and O–H groups in total. The predicted molar refractivity (Wildman–Crippen MR) is 76.2 cm³/mol. The van der Waals surface area contributed by atoms with Gasteiger partial charge in [-0.05, 0) is 37.1 Å². The van der Waals surface area contributed by atoms with Gasteiger partial charge < -0.3 is 5.32 Å². The first-order valence-corrected chi connectivity index (χ1v) is 6.46. The molecule has 0 fully saturated rings. The zero-order chi connectivity index (χ0) is 14.1. The lowest BCUT2D eigenvalue weighted by Crippen LogP contribution is -2.09. The van der Waals surface area contributed by atoms with Crippen molar-refractivity contribution in [3.63, 3.8) is 0 Å². The van der Waals surface area contributed by atoms with Gasteiger partial charge in [0.15, 0.2) is 5.82 Å². The highest BCUT2D eigenvalue weighted by atomic mass is 19.1. The Morgan fingerprint density at radius 1 is 1.25 bits per heavy atom. The summed E-state index contributed by atoms with van der Waals surface area (Å²) >= 11 is 0. The monoisotopic (exact) mass is 270 g/mol. The topological polar surface area (TPSA) is 42.2 Å². The van der Waals surface area contributed by atoms with E-state index in [1.807, 2.05) is 19.1 Å². The summed E-state index contributed by atoms with van der Waals surface area (Å²) in [7, 11) is 0. The number of hydrogen-bond acceptors (Lipinski definition) is 3. The van der Waals surface area contributed by atoms with Crippen LogP contribution in [0.3, 0.4) is 0 Å². The van der Waals surface area contributed by atoms with E-state index in [-0.39, 0.29) is 11.9 Å². The fourth-order valence-electron chi connectivity index (χ4n) is 2.14. The SMILES string of the molecule is Cc1ccc(C(C)Nc2nccn3nccc23)cc1F. The number of anilines is 1. The third kappa shape index (κ3) is 2.22. The Hall–Kier alpha value is -2.43. The first-order chi connectivity index (χ1) is 9.65. The molecule has 0 radical (unpaired) electrons. The summed E-state index contributed by atoms with van der Waals surface area (Å²) in [5, 5.41) is 7.46. The molecular formula is C15H15FN4. The molecular weight excluding hydrogens is 255 g/mol. The average molecular weight is 270 g/mol. The van der Waals surface area contributed by atoms with E-state index in [1.165, 1.54) is 0 Å². The van der Waals surface area contributed by atoms with Crippen LogP contribution in [0.15, 0.2) is 42.9 Å². The van der Waals surface area contributed by atoms with Gasteiger partial charge in [0, 0.05) is 12.4 Å². The minimum absolute atomic E-state index is 0.0429. The summed E-state index contributed by atoms with van der Waals surface area (Å²) < 4.78 is 15.4. The lowest BCUT2D eigenvalue weighted by molar-refractivity contribution is 0.614. The second-order valence-corrected chi connectivity index (χ2v) is 4.81. The van der Waals surface area contributed by atoms with Crippen LogP contribution in [-0.4, -0.2) is 14.6 Å². The molecule has 0 aliphatic heterocycles. The van der Waals surface area contributed by atoms with Gasteiger partial charge in [-0.15, -0.1) is 0 Å². The van der Waals surface area contributed by atoms with E-state index < -0.39 is 0 Å². The molecule has 0 amide bonds. The van der Waals surface area contributed by atoms with Gasteiger partial charge in [-0.3, -0.25) is 0 Å². The van der Waals surface area contributed by atoms with Crippen LogP contribution in [0.25, 0.3) is 5.52 Å². The van der Waals surface area contributed by atoms with Gasteiger partial charge in [0.1, 0.15) is 11.3 Å². The number of aryl methyl sites for hydroxylation is 1. The highest BCUT2D eigenvalue weighted by Crippen LogP contribution is 2.22. The van der Waals surface area contributed by atoms with Crippen LogP contribution < -0.4 is 5.32 Å². The van der Waals surface area contributed by atoms with Crippen LogP contribution in [-0.2, 0) is 0 Å². The maximum Gasteiger partial charge on any atom is 0.152 e. The molecule has 1 atom stereocenters. The molecule has 1 aromatic carbocycles. The lowest BCUT2D eigenvalue weighted by atomic mass is 10.1. The molecule has 102 valence electrons. The van der Waals surface area contributed by atoms with Crippen molar-refractivity contribution in [1.82, 2.24) is 14.6 Å². The van der Waals surface area contributed by atoms with Gasteiger partial charge in [-0.1, -0.05) is 12.1 Å². The highest BCUT2D eigenvalue weighted by Gasteiger charge is 2.10. The van der Waals surface area contributed by atoms with Crippen molar-refractivity contribution in [2.45, 2.75) is 19.9 Å². The number of nitrogens with zero attached hydrogens (tertiary/aromatic N) is 3. The molecule has 3 rings (SSSR count). The third-order valence-electron chi connectivity index (χ3n) is 3.37. The van der Waals surface area contributed by atoms with Crippen LogP contribution in [0, 0.1) is 12.7 Å². The molecule has 4 nitrogen and oxygen atoms in total. The molecule has 0 saturated heterocycles. The first-order valence-electron chi connectivity index (χ1n) is 6.46. The van der Waals surface area contributed by atoms with Crippen molar-refractivity contribution in [3.05, 3.63) is 59.8 Å². The summed E-state index contributed by atoms with van der Waals surface area (Å²) in [4.78, 5) is 4.32. The van der Waals surface area contributed by atoms with Crippen molar-refractivity contribution < 1.29 is 4.39 Å². The van der Waals surface area contributed by atoms with Crippen molar-refractivity contribution >= 4 is 11.3 Å². The third-order valence-corrected chi connectivity index (χ3v) is 3.37. The number of aromatic nitrogens is 3. The van der Waals surface area contributed by atoms with E-state index >= 15 is 0 Å². The number of fused-ring (bicyclic) bond motifs is 1. The molecule has 0 spiro atoms. The molecule has 20 heavy (non-hydrogen) atoms. The zero-order valence-corrected chi connectivity index (χ0v) is 11.3. The van der Waals surface area contributed by atoms with Crippen LogP contribution in [0.4, 0.5) is 10.2 Å². The summed E-state index contributed by atoms with van der Waals surface area (Å²) in [5.74, 6) is 0.546. The van der Waals surface area contributed by atoms with Gasteiger partial charge in [-0.2, -0.15) is 5.10 Å². The smallest absolute Gasteiger partial charge is 0.152 e. The van der Waals surface area contributed by atoms with Crippen LogP contribution in [0.1, 0.15) is 24.1 Å². The van der Waals surface area contributed by atoms with Crippen LogP contribution in [0.5, 0.6) is 0 Å². The predicted octanol–water partition coefficient (Wildman–Crippen LogP) is 3.35. The molecule has 0 aliphatic carbocycles. The van der Waals surface area contributed by atoms with Crippen molar-refractivity contribution in [2.75, 3.05) is 5.32 Å². The standard InChI is InChI=1S/C15H15FN4/c1-10-3-4-12(9-13(10)16)11(2)19-15-14-5-6-18-20(14)8-7-17-15/h3-9,11H,1-2H3,(H,17,19). The molecule has 1 unspecified atom stereocenters. The van der Waals surface area contributed by atoms with Crippen molar-refractivity contribution in [1.29, 1.82) is 0 Å². The van der Waals surface area contributed by atoms with Crippen molar-refractivity contribution in [2.24, 2.45) is 0 Å². The van der Waals surface area contributed by atoms with E-state index in [9.17, 15) is 4.39 Å². The first kappa shape index (κ1) is 12.6. The Balaban J connectivity index is 1.90. The van der Waals surface area contributed by atoms with E-state index in [1.54, 1.807) is 42.2 Å². The van der Waals surface area contributed by atoms with E-state index in [4.69, 9.17) is 0 Å². The Kier molecular flexibility index (Phi) is 3.10. The van der Waals surface area contributed by atoms with E-state index in [0.29, 0.717) is 5.56 Å². The second kappa shape index (κ2) is 4.92. The molecule has 0 bridgehead atoms. The Morgan fingerprint density at radius 3 is 2.90 bits per heavy atom. The molecule has 0 aliphatic rings. The quantitative estimate of drug-likeness (QED) is 0.793. The summed E-state index contributed by atoms with van der Waals surface area (Å²) in [6, 6.07) is 7.11. The Morgan fingerprint density at radius 2 is 2.10 bits per heavy atom. The highest BCUT2D eigenvalue weighted by molar-refractivity contribution is 5.67. The minimum atomic E-state index is -0.188. The zero-order valence-electron chi connectivity index (χ0n) is 11.3. The fraction of sp³-hybridized carbons (Fsp3) is 0.200. The maximum absolute atomic E-state index is 13.6. The summed E-state index contributed by atoms with van der Waals surface area (Å²) in [6.07, 6.45) is 5.19. The normalized spacial score (nSPS) is 12.6. The van der Waals surface area contributed by atoms with Gasteiger partial charge in [0.2, 0.25) is 0 Å². The molecule has 0 saturated carbocycles. The molecule has 5 heteroatoms. The number of halogens is 1. The summed E-state index contributed by atoms with van der Waals surface area (Å²) in [6.45, 7) is 3.73. The molecule has 3 aromatic rings.